The normalized spacial score (nSPS) is 11.5. The van der Waals surface area contributed by atoms with Crippen LogP contribution in [0.15, 0.2) is 36.5 Å². The summed E-state index contributed by atoms with van der Waals surface area (Å²) in [5.74, 6) is 0.412. The molecule has 29 heavy (non-hydrogen) atoms. The second kappa shape index (κ2) is 8.02. The number of alkyl halides is 3. The number of rotatable bonds is 6. The molecule has 3 aromatic rings. The molecular weight excluding hydrogens is 387 g/mol. The van der Waals surface area contributed by atoms with E-state index in [0.29, 0.717) is 36.1 Å². The van der Waals surface area contributed by atoms with E-state index in [-0.39, 0.29) is 11.3 Å². The molecule has 0 aliphatic rings. The summed E-state index contributed by atoms with van der Waals surface area (Å²) in [6, 6.07) is 7.06. The van der Waals surface area contributed by atoms with Crippen molar-refractivity contribution in [1.82, 2.24) is 9.38 Å². The quantitative estimate of drug-likeness (QED) is 0.643. The molecule has 0 bridgehead atoms. The van der Waals surface area contributed by atoms with Crippen LogP contribution in [0.4, 0.5) is 18.9 Å². The van der Waals surface area contributed by atoms with E-state index in [1.807, 2.05) is 13.8 Å². The van der Waals surface area contributed by atoms with Crippen molar-refractivity contribution in [3.63, 3.8) is 0 Å². The van der Waals surface area contributed by atoms with Crippen LogP contribution in [0.3, 0.4) is 0 Å². The highest BCUT2D eigenvalue weighted by molar-refractivity contribution is 6.04. The summed E-state index contributed by atoms with van der Waals surface area (Å²) in [5.41, 5.74) is 0.150. The van der Waals surface area contributed by atoms with Crippen molar-refractivity contribution in [2.75, 3.05) is 18.5 Å². The summed E-state index contributed by atoms with van der Waals surface area (Å²) in [7, 11) is 0. The molecule has 0 fully saturated rings. The lowest BCUT2D eigenvalue weighted by Gasteiger charge is -2.13. The molecule has 0 unspecified atom stereocenters. The van der Waals surface area contributed by atoms with Gasteiger partial charge in [-0.15, -0.1) is 0 Å². The van der Waals surface area contributed by atoms with Gasteiger partial charge in [-0.25, -0.2) is 4.98 Å². The molecule has 154 valence electrons. The van der Waals surface area contributed by atoms with Gasteiger partial charge in [-0.05, 0) is 45.0 Å². The van der Waals surface area contributed by atoms with Gasteiger partial charge in [0.15, 0.2) is 11.5 Å². The lowest BCUT2D eigenvalue weighted by Crippen LogP contribution is -2.16. The second-order valence-corrected chi connectivity index (χ2v) is 6.17. The average Bonchev–Trinajstić information content (AvgIpc) is 2.98. The minimum absolute atomic E-state index is 0.0259. The molecule has 1 aromatic carbocycles. The number of hydrogen-bond donors (Lipinski definition) is 1. The van der Waals surface area contributed by atoms with Crippen LogP contribution < -0.4 is 14.8 Å². The smallest absolute Gasteiger partial charge is 0.417 e. The molecule has 9 heteroatoms. The van der Waals surface area contributed by atoms with E-state index in [1.54, 1.807) is 25.1 Å². The number of aryl methyl sites for hydroxylation is 1. The fourth-order valence-corrected chi connectivity index (χ4v) is 2.92. The van der Waals surface area contributed by atoms with Gasteiger partial charge < -0.3 is 14.8 Å². The highest BCUT2D eigenvalue weighted by Gasteiger charge is 2.31. The number of hydrogen-bond acceptors (Lipinski definition) is 4. The van der Waals surface area contributed by atoms with E-state index in [0.717, 1.165) is 16.7 Å². The number of imidazole rings is 1. The zero-order valence-corrected chi connectivity index (χ0v) is 16.1. The molecule has 0 atom stereocenters. The largest absolute Gasteiger partial charge is 0.490 e. The van der Waals surface area contributed by atoms with Gasteiger partial charge in [0.05, 0.1) is 24.5 Å². The van der Waals surface area contributed by atoms with Crippen molar-refractivity contribution < 1.29 is 27.4 Å². The first kappa shape index (κ1) is 20.5. The van der Waals surface area contributed by atoms with E-state index in [1.165, 1.54) is 6.07 Å². The first-order valence-corrected chi connectivity index (χ1v) is 9.01. The van der Waals surface area contributed by atoms with Gasteiger partial charge in [0.25, 0.3) is 5.91 Å². The Balaban J connectivity index is 1.95. The lowest BCUT2D eigenvalue weighted by atomic mass is 10.2. The molecule has 0 saturated heterocycles. The number of benzene rings is 1. The average molecular weight is 407 g/mol. The second-order valence-electron chi connectivity index (χ2n) is 6.17. The van der Waals surface area contributed by atoms with Gasteiger partial charge in [0.1, 0.15) is 11.3 Å². The zero-order chi connectivity index (χ0) is 21.2. The van der Waals surface area contributed by atoms with Crippen molar-refractivity contribution in [1.29, 1.82) is 0 Å². The molecule has 1 N–H and O–H groups in total. The van der Waals surface area contributed by atoms with Crippen molar-refractivity contribution in [3.05, 3.63) is 53.5 Å². The zero-order valence-electron chi connectivity index (χ0n) is 16.1. The summed E-state index contributed by atoms with van der Waals surface area (Å²) >= 11 is 0. The summed E-state index contributed by atoms with van der Waals surface area (Å²) < 4.78 is 51.3. The Morgan fingerprint density at radius 2 is 1.79 bits per heavy atom. The first-order chi connectivity index (χ1) is 13.7. The Morgan fingerprint density at radius 1 is 1.10 bits per heavy atom. The minimum atomic E-state index is -4.53. The molecule has 0 aliphatic carbocycles. The molecule has 6 nitrogen and oxygen atoms in total. The number of anilines is 1. The van der Waals surface area contributed by atoms with Crippen LogP contribution in [0.1, 0.15) is 35.6 Å². The number of pyridine rings is 1. The van der Waals surface area contributed by atoms with Crippen molar-refractivity contribution in [2.24, 2.45) is 0 Å². The van der Waals surface area contributed by atoms with Crippen LogP contribution in [0.2, 0.25) is 0 Å². The fraction of sp³-hybridized carbons (Fsp3) is 0.300. The topological polar surface area (TPSA) is 64.9 Å². The van der Waals surface area contributed by atoms with Crippen molar-refractivity contribution in [2.45, 2.75) is 26.9 Å². The van der Waals surface area contributed by atoms with Gasteiger partial charge in [-0.3, -0.25) is 9.20 Å². The number of halogens is 3. The Labute approximate surface area is 165 Å². The lowest BCUT2D eigenvalue weighted by molar-refractivity contribution is -0.137. The number of ether oxygens (including phenoxy) is 2. The highest BCUT2D eigenvalue weighted by atomic mass is 19.4. The number of carbonyl (C=O) groups excluding carboxylic acids is 1. The van der Waals surface area contributed by atoms with Crippen molar-refractivity contribution >= 4 is 17.2 Å². The van der Waals surface area contributed by atoms with Crippen LogP contribution >= 0.6 is 0 Å². The maximum absolute atomic E-state index is 13.1. The summed E-state index contributed by atoms with van der Waals surface area (Å²) in [6.45, 7) is 6.09. The van der Waals surface area contributed by atoms with E-state index in [9.17, 15) is 18.0 Å². The predicted octanol–water partition coefficient (Wildman–Crippen LogP) is 4.71. The Hall–Kier alpha value is -3.23. The molecule has 2 aromatic heterocycles. The van der Waals surface area contributed by atoms with Gasteiger partial charge in [-0.2, -0.15) is 13.2 Å². The van der Waals surface area contributed by atoms with Gasteiger partial charge in [0.2, 0.25) is 0 Å². The van der Waals surface area contributed by atoms with E-state index < -0.39 is 17.6 Å². The third-order valence-electron chi connectivity index (χ3n) is 4.14. The molecule has 2 heterocycles. The maximum atomic E-state index is 13.1. The minimum Gasteiger partial charge on any atom is -0.490 e. The summed E-state index contributed by atoms with van der Waals surface area (Å²) in [6.07, 6.45) is -3.66. The molecular formula is C20H20F3N3O3. The number of amides is 1. The predicted molar refractivity (Wildman–Crippen MR) is 102 cm³/mol. The molecule has 1 amide bonds. The number of fused-ring (bicyclic) bond motifs is 1. The molecule has 0 radical (unpaired) electrons. The molecule has 0 spiro atoms. The van der Waals surface area contributed by atoms with Crippen LogP contribution in [0.5, 0.6) is 11.5 Å². The third kappa shape index (κ3) is 4.28. The van der Waals surface area contributed by atoms with E-state index >= 15 is 0 Å². The molecule has 3 rings (SSSR count). The monoisotopic (exact) mass is 407 g/mol. The van der Waals surface area contributed by atoms with Crippen LogP contribution in [-0.2, 0) is 6.18 Å². The standard InChI is InChI=1S/C20H20F3N3O3/c1-4-28-15-8-7-14(10-16(15)29-5-2)25-19(27)18-12(3)24-17-9-6-13(11-26(17)18)20(21,22)23/h6-11H,4-5H2,1-3H3,(H,25,27). The Morgan fingerprint density at radius 3 is 2.45 bits per heavy atom. The Bertz CT molecular complexity index is 1040. The molecule has 0 saturated carbocycles. The number of nitrogens with one attached hydrogen (secondary N) is 1. The number of carbonyl (C=O) groups is 1. The summed E-state index contributed by atoms with van der Waals surface area (Å²) in [4.78, 5) is 17.0. The third-order valence-corrected chi connectivity index (χ3v) is 4.14. The Kier molecular flexibility index (Phi) is 5.67. The van der Waals surface area contributed by atoms with E-state index in [2.05, 4.69) is 10.3 Å². The first-order valence-electron chi connectivity index (χ1n) is 9.01. The summed E-state index contributed by atoms with van der Waals surface area (Å²) in [5, 5.41) is 2.69. The van der Waals surface area contributed by atoms with Crippen LogP contribution in [0, 0.1) is 6.92 Å². The van der Waals surface area contributed by atoms with Crippen LogP contribution in [-0.4, -0.2) is 28.5 Å². The van der Waals surface area contributed by atoms with Crippen LogP contribution in [0.25, 0.3) is 5.65 Å². The molecule has 0 aliphatic heterocycles. The van der Waals surface area contributed by atoms with E-state index in [4.69, 9.17) is 9.47 Å². The fourth-order valence-electron chi connectivity index (χ4n) is 2.92. The number of aromatic nitrogens is 2. The van der Waals surface area contributed by atoms with Crippen molar-refractivity contribution in [3.8, 4) is 11.5 Å². The maximum Gasteiger partial charge on any atom is 0.417 e. The van der Waals surface area contributed by atoms with Gasteiger partial charge in [-0.1, -0.05) is 0 Å². The van der Waals surface area contributed by atoms with Gasteiger partial charge in [0, 0.05) is 18.0 Å². The number of nitrogens with zero attached hydrogens (tertiary/aromatic N) is 2. The van der Waals surface area contributed by atoms with Gasteiger partial charge >= 0.3 is 6.18 Å². The SMILES string of the molecule is CCOc1ccc(NC(=O)c2c(C)nc3ccc(C(F)(F)F)cn23)cc1OCC. The highest BCUT2D eigenvalue weighted by Crippen LogP contribution is 2.32.